The van der Waals surface area contributed by atoms with Crippen LogP contribution in [0.25, 0.3) is 12.2 Å². The minimum atomic E-state index is -2.54. The van der Waals surface area contributed by atoms with E-state index in [4.69, 9.17) is 37.9 Å². The highest BCUT2D eigenvalue weighted by atomic mass is 16.8. The Kier molecular flexibility index (Phi) is 13.2. The molecule has 2 heterocycles. The van der Waals surface area contributed by atoms with E-state index in [1.54, 1.807) is 0 Å². The monoisotopic (exact) mass is 724 g/mol. The highest BCUT2D eigenvalue weighted by Crippen LogP contribution is 2.40. The minimum absolute atomic E-state index is 0.0279. The fourth-order valence-electron chi connectivity index (χ4n) is 5.28. The molecule has 0 amide bonds. The Morgan fingerprint density at radius 3 is 1.96 bits per heavy atom. The van der Waals surface area contributed by atoms with Gasteiger partial charge in [-0.2, -0.15) is 0 Å². The van der Waals surface area contributed by atoms with Crippen molar-refractivity contribution in [3.8, 4) is 28.7 Å². The number of phenolic OH excluding ortho intramolecular Hbond substituents is 2. The first-order chi connectivity index (χ1) is 24.3. The molecule has 9 atom stereocenters. The van der Waals surface area contributed by atoms with Crippen molar-refractivity contribution < 1.29 is 88.3 Å². The zero-order valence-electron chi connectivity index (χ0n) is 27.6. The Labute approximate surface area is 290 Å². The summed E-state index contributed by atoms with van der Waals surface area (Å²) in [6.07, 6.45) is -9.94. The molecular formula is C33H40O18. The Hall–Kier alpha value is -4.50. The lowest BCUT2D eigenvalue weighted by molar-refractivity contribution is -0.383. The quantitative estimate of drug-likeness (QED) is 0.0819. The normalized spacial score (nSPS) is 29.3. The van der Waals surface area contributed by atoms with Crippen molar-refractivity contribution in [3.63, 3.8) is 0 Å². The van der Waals surface area contributed by atoms with Crippen molar-refractivity contribution in [1.29, 1.82) is 0 Å². The van der Waals surface area contributed by atoms with Crippen molar-refractivity contribution in [2.45, 2.75) is 54.8 Å². The molecule has 2 aliphatic heterocycles. The second-order valence-corrected chi connectivity index (χ2v) is 11.3. The number of aliphatic hydroxyl groups excluding tert-OH is 6. The molecule has 0 unspecified atom stereocenters. The van der Waals surface area contributed by atoms with E-state index < -0.39 is 86.6 Å². The van der Waals surface area contributed by atoms with E-state index in [1.165, 1.54) is 63.8 Å². The second-order valence-electron chi connectivity index (χ2n) is 11.3. The number of hydrogen-bond acceptors (Lipinski definition) is 18. The molecule has 0 aliphatic carbocycles. The molecule has 280 valence electrons. The first kappa shape index (κ1) is 39.3. The van der Waals surface area contributed by atoms with Crippen molar-refractivity contribution in [1.82, 2.24) is 0 Å². The van der Waals surface area contributed by atoms with Crippen LogP contribution in [-0.2, 0) is 33.3 Å². The average molecular weight is 725 g/mol. The summed E-state index contributed by atoms with van der Waals surface area (Å²) in [4.78, 5) is 26.0. The molecule has 4 rings (SSSR count). The Balaban J connectivity index is 1.64. The predicted molar refractivity (Wildman–Crippen MR) is 170 cm³/mol. The van der Waals surface area contributed by atoms with Gasteiger partial charge in [-0.1, -0.05) is 6.07 Å². The highest BCUT2D eigenvalue weighted by molar-refractivity contribution is 5.88. The molecule has 2 aliphatic rings. The number of aromatic hydroxyl groups is 2. The smallest absolute Gasteiger partial charge is 0.331 e. The summed E-state index contributed by atoms with van der Waals surface area (Å²) in [6, 6.07) is 6.99. The molecular weight excluding hydrogens is 684 g/mol. The van der Waals surface area contributed by atoms with Gasteiger partial charge >= 0.3 is 11.9 Å². The maximum atomic E-state index is 13.2. The zero-order chi connectivity index (χ0) is 37.5. The molecule has 0 bridgehead atoms. The summed E-state index contributed by atoms with van der Waals surface area (Å²) in [5.74, 6) is -4.93. The molecule has 2 fully saturated rings. The third kappa shape index (κ3) is 8.87. The summed E-state index contributed by atoms with van der Waals surface area (Å²) >= 11 is 0. The Morgan fingerprint density at radius 2 is 1.35 bits per heavy atom. The topological polar surface area (TPSA) is 270 Å². The van der Waals surface area contributed by atoms with E-state index in [-0.39, 0.29) is 28.7 Å². The van der Waals surface area contributed by atoms with Gasteiger partial charge in [0.25, 0.3) is 0 Å². The number of carbonyl (C=O) groups excluding carboxylic acids is 2. The van der Waals surface area contributed by atoms with Crippen LogP contribution in [0.3, 0.4) is 0 Å². The molecule has 18 nitrogen and oxygen atoms in total. The molecule has 0 aromatic heterocycles. The van der Waals surface area contributed by atoms with Crippen LogP contribution in [0.1, 0.15) is 11.1 Å². The molecule has 2 aromatic carbocycles. The maximum Gasteiger partial charge on any atom is 0.331 e. The maximum absolute atomic E-state index is 13.2. The van der Waals surface area contributed by atoms with Crippen molar-refractivity contribution in [2.24, 2.45) is 0 Å². The van der Waals surface area contributed by atoms with Gasteiger partial charge in [-0.3, -0.25) is 0 Å². The standard InChI is InChI=1S/C33H40O18/c1-44-19-10-16(4-7-18(19)36)5-8-24(37)47-15-33(51-32-30(43)29(42)27(40)22(13-34)48-32)31(28(41)23(14-35)50-33)49-25(38)9-6-17-11-20(45-2)26(39)21(12-17)46-3/h4-12,22-23,27-32,34-36,39-43H,13-15H2,1-3H3/b8-5+,9-6+/t22-,23-,27-,28-,29+,30-,31+,32-,33+/m1/s1. The number of methoxy groups -OCH3 is 3. The molecule has 0 radical (unpaired) electrons. The molecule has 51 heavy (non-hydrogen) atoms. The van der Waals surface area contributed by atoms with Gasteiger partial charge in [0.2, 0.25) is 11.5 Å². The van der Waals surface area contributed by atoms with Crippen molar-refractivity contribution >= 4 is 24.1 Å². The SMILES string of the molecule is COc1cc(/C=C/C(=O)OC[C@@]2(O[C@H]3O[C@H](CO)[C@@H](O)[C@H](O)[C@H]3O)O[C@H](CO)[C@@H](O)[C@@H]2OC(=O)/C=C/c2cc(OC)c(O)c(OC)c2)ccc1O. The number of esters is 2. The third-order valence-corrected chi connectivity index (χ3v) is 8.01. The van der Waals surface area contributed by atoms with Gasteiger partial charge in [-0.05, 0) is 47.5 Å². The van der Waals surface area contributed by atoms with Crippen LogP contribution >= 0.6 is 0 Å². The fourth-order valence-corrected chi connectivity index (χ4v) is 5.28. The Morgan fingerprint density at radius 1 is 0.765 bits per heavy atom. The number of hydrogen-bond donors (Lipinski definition) is 8. The van der Waals surface area contributed by atoms with Crippen LogP contribution in [-0.4, -0.2) is 149 Å². The van der Waals surface area contributed by atoms with E-state index in [0.717, 1.165) is 12.2 Å². The first-order valence-corrected chi connectivity index (χ1v) is 15.3. The van der Waals surface area contributed by atoms with E-state index in [2.05, 4.69) is 0 Å². The molecule has 2 aromatic rings. The lowest BCUT2D eigenvalue weighted by Crippen LogP contribution is -2.63. The molecule has 0 spiro atoms. The number of carbonyl (C=O) groups is 2. The number of ether oxygens (including phenoxy) is 8. The highest BCUT2D eigenvalue weighted by Gasteiger charge is 2.61. The third-order valence-electron chi connectivity index (χ3n) is 8.01. The van der Waals surface area contributed by atoms with Crippen molar-refractivity contribution in [2.75, 3.05) is 41.2 Å². The van der Waals surface area contributed by atoms with Crippen LogP contribution in [0.4, 0.5) is 0 Å². The average Bonchev–Trinajstić information content (AvgIpc) is 3.39. The first-order valence-electron chi connectivity index (χ1n) is 15.3. The van der Waals surface area contributed by atoms with Gasteiger partial charge in [-0.15, -0.1) is 0 Å². The largest absolute Gasteiger partial charge is 0.504 e. The van der Waals surface area contributed by atoms with Crippen LogP contribution in [0.2, 0.25) is 0 Å². The predicted octanol–water partition coefficient (Wildman–Crippen LogP) is -1.43. The Bertz CT molecular complexity index is 1550. The number of aliphatic hydroxyl groups is 6. The van der Waals surface area contributed by atoms with Gasteiger partial charge in [0.05, 0.1) is 34.5 Å². The molecule has 18 heteroatoms. The van der Waals surface area contributed by atoms with Crippen molar-refractivity contribution in [3.05, 3.63) is 53.6 Å². The van der Waals surface area contributed by atoms with Gasteiger partial charge in [0.15, 0.2) is 35.4 Å². The van der Waals surface area contributed by atoms with Gasteiger partial charge in [0, 0.05) is 12.2 Å². The number of rotatable bonds is 14. The van der Waals surface area contributed by atoms with E-state index in [9.17, 15) is 50.4 Å². The summed E-state index contributed by atoms with van der Waals surface area (Å²) < 4.78 is 43.2. The summed E-state index contributed by atoms with van der Waals surface area (Å²) in [5.41, 5.74) is 0.731. The zero-order valence-corrected chi connectivity index (χ0v) is 27.6. The molecule has 2 saturated heterocycles. The summed E-state index contributed by atoms with van der Waals surface area (Å²) in [5, 5.41) is 82.1. The fraction of sp³-hybridized carbons (Fsp3) is 0.455. The second kappa shape index (κ2) is 17.1. The van der Waals surface area contributed by atoms with E-state index in [0.29, 0.717) is 11.1 Å². The number of benzene rings is 2. The molecule has 8 N–H and O–H groups in total. The van der Waals surface area contributed by atoms with Crippen LogP contribution < -0.4 is 14.2 Å². The molecule has 0 saturated carbocycles. The van der Waals surface area contributed by atoms with E-state index >= 15 is 0 Å². The van der Waals surface area contributed by atoms with Gasteiger partial charge in [-0.25, -0.2) is 9.59 Å². The van der Waals surface area contributed by atoms with Gasteiger partial charge < -0.3 is 78.7 Å². The van der Waals surface area contributed by atoms with E-state index in [1.807, 2.05) is 0 Å². The van der Waals surface area contributed by atoms with Crippen LogP contribution in [0.15, 0.2) is 42.5 Å². The minimum Gasteiger partial charge on any atom is -0.504 e. The van der Waals surface area contributed by atoms with Crippen LogP contribution in [0, 0.1) is 0 Å². The lowest BCUT2D eigenvalue weighted by atomic mass is 9.99. The summed E-state index contributed by atoms with van der Waals surface area (Å²) in [6.45, 7) is -2.68. The lowest BCUT2D eigenvalue weighted by Gasteiger charge is -2.43. The van der Waals surface area contributed by atoms with Gasteiger partial charge in [0.1, 0.15) is 43.2 Å². The number of phenols is 2. The van der Waals surface area contributed by atoms with Crippen LogP contribution in [0.5, 0.6) is 28.7 Å². The summed E-state index contributed by atoms with van der Waals surface area (Å²) in [7, 11) is 3.94.